The summed E-state index contributed by atoms with van der Waals surface area (Å²) in [5.41, 5.74) is 1.88. The van der Waals surface area contributed by atoms with Crippen LogP contribution >= 0.6 is 23.2 Å². The summed E-state index contributed by atoms with van der Waals surface area (Å²) in [4.78, 5) is 24.8. The van der Waals surface area contributed by atoms with E-state index in [1.807, 2.05) is 12.1 Å². The van der Waals surface area contributed by atoms with Crippen molar-refractivity contribution < 1.29 is 14.0 Å². The van der Waals surface area contributed by atoms with Crippen molar-refractivity contribution in [3.63, 3.8) is 0 Å². The highest BCUT2D eigenvalue weighted by molar-refractivity contribution is 6.36. The molecule has 0 aliphatic carbocycles. The molecule has 0 saturated heterocycles. The Morgan fingerprint density at radius 3 is 2.34 bits per heavy atom. The zero-order valence-corrected chi connectivity index (χ0v) is 16.9. The zero-order chi connectivity index (χ0) is 21.0. The number of nitrogens with one attached hydrogen (secondary N) is 2. The van der Waals surface area contributed by atoms with Crippen molar-refractivity contribution in [3.05, 3.63) is 99.3 Å². The van der Waals surface area contributed by atoms with Gasteiger partial charge in [-0.25, -0.2) is 4.39 Å². The lowest BCUT2D eigenvalue weighted by atomic mass is 10.1. The molecule has 0 saturated carbocycles. The van der Waals surface area contributed by atoms with Crippen molar-refractivity contribution in [1.29, 1.82) is 0 Å². The highest BCUT2D eigenvalue weighted by atomic mass is 35.5. The third-order valence-electron chi connectivity index (χ3n) is 4.28. The summed E-state index contributed by atoms with van der Waals surface area (Å²) in [6, 6.07) is 17.7. The first-order chi connectivity index (χ1) is 13.8. The van der Waals surface area contributed by atoms with Gasteiger partial charge in [-0.3, -0.25) is 9.59 Å². The Labute approximate surface area is 177 Å². The highest BCUT2D eigenvalue weighted by Gasteiger charge is 2.17. The third-order valence-corrected chi connectivity index (χ3v) is 4.89. The summed E-state index contributed by atoms with van der Waals surface area (Å²) >= 11 is 11.7. The van der Waals surface area contributed by atoms with Crippen LogP contribution in [0.25, 0.3) is 0 Å². The molecule has 2 amide bonds. The van der Waals surface area contributed by atoms with Gasteiger partial charge in [0.25, 0.3) is 11.8 Å². The number of halogens is 3. The summed E-state index contributed by atoms with van der Waals surface area (Å²) in [6.45, 7) is 1.77. The Bertz CT molecular complexity index is 1060. The average molecular weight is 431 g/mol. The fraction of sp³-hybridized carbons (Fsp3) is 0.0909. The Morgan fingerprint density at radius 1 is 0.897 bits per heavy atom. The van der Waals surface area contributed by atoms with Crippen molar-refractivity contribution in [1.82, 2.24) is 5.32 Å². The Morgan fingerprint density at radius 2 is 1.62 bits per heavy atom. The van der Waals surface area contributed by atoms with Gasteiger partial charge < -0.3 is 10.6 Å². The van der Waals surface area contributed by atoms with E-state index >= 15 is 0 Å². The molecule has 1 atom stereocenters. The van der Waals surface area contributed by atoms with Crippen molar-refractivity contribution in [2.24, 2.45) is 0 Å². The van der Waals surface area contributed by atoms with Gasteiger partial charge in [0, 0.05) is 11.3 Å². The molecule has 3 rings (SSSR count). The molecule has 0 bridgehead atoms. The number of amides is 2. The van der Waals surface area contributed by atoms with Gasteiger partial charge in [-0.05, 0) is 48.9 Å². The molecule has 7 heteroatoms. The Balaban J connectivity index is 1.72. The monoisotopic (exact) mass is 430 g/mol. The minimum Gasteiger partial charge on any atom is -0.345 e. The standard InChI is InChI=1S/C22H17Cl2FN2O2/c1-13(26-22(29)17-11-20(25)19(24)12-18(17)23)15-8-5-9-16(10-15)27-21(28)14-6-3-2-4-7-14/h2-13H,1H3,(H,26,29)(H,27,28). The maximum Gasteiger partial charge on any atom is 0.255 e. The number of hydrogen-bond acceptors (Lipinski definition) is 2. The van der Waals surface area contributed by atoms with Gasteiger partial charge in [0.2, 0.25) is 0 Å². The molecule has 3 aromatic rings. The lowest BCUT2D eigenvalue weighted by Gasteiger charge is -2.16. The van der Waals surface area contributed by atoms with Crippen LogP contribution < -0.4 is 10.6 Å². The first-order valence-electron chi connectivity index (χ1n) is 8.77. The summed E-state index contributed by atoms with van der Waals surface area (Å²) in [6.07, 6.45) is 0. The second-order valence-electron chi connectivity index (χ2n) is 6.39. The van der Waals surface area contributed by atoms with Crippen molar-refractivity contribution in [3.8, 4) is 0 Å². The summed E-state index contributed by atoms with van der Waals surface area (Å²) in [5, 5.41) is 5.50. The lowest BCUT2D eigenvalue weighted by Crippen LogP contribution is -2.27. The maximum atomic E-state index is 13.7. The van der Waals surface area contributed by atoms with Gasteiger partial charge >= 0.3 is 0 Å². The number of rotatable bonds is 5. The second kappa shape index (κ2) is 9.07. The second-order valence-corrected chi connectivity index (χ2v) is 7.20. The van der Waals surface area contributed by atoms with E-state index in [-0.39, 0.29) is 21.5 Å². The van der Waals surface area contributed by atoms with E-state index in [0.29, 0.717) is 11.3 Å². The predicted octanol–water partition coefficient (Wildman–Crippen LogP) is 5.88. The van der Waals surface area contributed by atoms with Crippen LogP contribution in [-0.4, -0.2) is 11.8 Å². The van der Waals surface area contributed by atoms with Crippen LogP contribution in [0.2, 0.25) is 10.0 Å². The quantitative estimate of drug-likeness (QED) is 0.496. The lowest BCUT2D eigenvalue weighted by molar-refractivity contribution is 0.0938. The molecule has 0 radical (unpaired) electrons. The first kappa shape index (κ1) is 20.8. The number of anilines is 1. The Hall–Kier alpha value is -2.89. The molecule has 1 unspecified atom stereocenters. The van der Waals surface area contributed by atoms with Crippen molar-refractivity contribution >= 4 is 40.7 Å². The van der Waals surface area contributed by atoms with Gasteiger partial charge in [-0.15, -0.1) is 0 Å². The molecule has 0 aliphatic heterocycles. The van der Waals surface area contributed by atoms with Crippen LogP contribution in [0.15, 0.2) is 66.7 Å². The summed E-state index contributed by atoms with van der Waals surface area (Å²) in [5.74, 6) is -1.49. The number of hydrogen-bond donors (Lipinski definition) is 2. The molecule has 0 spiro atoms. The molecule has 4 nitrogen and oxygen atoms in total. The molecule has 148 valence electrons. The van der Waals surface area contributed by atoms with E-state index in [2.05, 4.69) is 10.6 Å². The SMILES string of the molecule is CC(NC(=O)c1cc(F)c(Cl)cc1Cl)c1cccc(NC(=O)c2ccccc2)c1. The van der Waals surface area contributed by atoms with E-state index in [9.17, 15) is 14.0 Å². The molecule has 0 fully saturated rings. The first-order valence-corrected chi connectivity index (χ1v) is 9.52. The summed E-state index contributed by atoms with van der Waals surface area (Å²) < 4.78 is 13.7. The van der Waals surface area contributed by atoms with Gasteiger partial charge in [-0.1, -0.05) is 53.5 Å². The normalized spacial score (nSPS) is 11.6. The van der Waals surface area contributed by atoms with Gasteiger partial charge in [0.15, 0.2) is 0 Å². The molecule has 3 aromatic carbocycles. The van der Waals surface area contributed by atoms with E-state index in [0.717, 1.165) is 11.6 Å². The number of carbonyl (C=O) groups is 2. The number of benzene rings is 3. The van der Waals surface area contributed by atoms with Crippen molar-refractivity contribution in [2.75, 3.05) is 5.32 Å². The molecule has 29 heavy (non-hydrogen) atoms. The average Bonchev–Trinajstić information content (AvgIpc) is 2.71. The van der Waals surface area contributed by atoms with Crippen LogP contribution in [0, 0.1) is 5.82 Å². The molecular weight excluding hydrogens is 414 g/mol. The smallest absolute Gasteiger partial charge is 0.255 e. The predicted molar refractivity (Wildman–Crippen MR) is 113 cm³/mol. The molecule has 0 aromatic heterocycles. The molecule has 0 heterocycles. The van der Waals surface area contributed by atoms with Crippen LogP contribution in [-0.2, 0) is 0 Å². The fourth-order valence-electron chi connectivity index (χ4n) is 2.73. The van der Waals surface area contributed by atoms with E-state index in [1.165, 1.54) is 6.07 Å². The van der Waals surface area contributed by atoms with Gasteiger partial charge in [0.1, 0.15) is 5.82 Å². The largest absolute Gasteiger partial charge is 0.345 e. The van der Waals surface area contributed by atoms with E-state index in [4.69, 9.17) is 23.2 Å². The Kier molecular flexibility index (Phi) is 6.52. The van der Waals surface area contributed by atoms with E-state index < -0.39 is 17.8 Å². The summed E-state index contributed by atoms with van der Waals surface area (Å²) in [7, 11) is 0. The van der Waals surface area contributed by atoms with Crippen molar-refractivity contribution in [2.45, 2.75) is 13.0 Å². The van der Waals surface area contributed by atoms with Gasteiger partial charge in [-0.2, -0.15) is 0 Å². The minimum atomic E-state index is -0.723. The minimum absolute atomic E-state index is 0.00560. The molecule has 0 aliphatic rings. The highest BCUT2D eigenvalue weighted by Crippen LogP contribution is 2.25. The van der Waals surface area contributed by atoms with E-state index in [1.54, 1.807) is 49.4 Å². The van der Waals surface area contributed by atoms with Gasteiger partial charge in [0.05, 0.1) is 21.7 Å². The van der Waals surface area contributed by atoms with Crippen LogP contribution in [0.5, 0.6) is 0 Å². The topological polar surface area (TPSA) is 58.2 Å². The van der Waals surface area contributed by atoms with Crippen LogP contribution in [0.1, 0.15) is 39.2 Å². The molecular formula is C22H17Cl2FN2O2. The fourth-order valence-corrected chi connectivity index (χ4v) is 3.20. The third kappa shape index (κ3) is 5.13. The van der Waals surface area contributed by atoms with Crippen LogP contribution in [0.4, 0.5) is 10.1 Å². The van der Waals surface area contributed by atoms with Crippen LogP contribution in [0.3, 0.4) is 0 Å². The maximum absolute atomic E-state index is 13.7. The molecule has 2 N–H and O–H groups in total. The number of carbonyl (C=O) groups excluding carboxylic acids is 2. The zero-order valence-electron chi connectivity index (χ0n) is 15.4.